The van der Waals surface area contributed by atoms with Crippen LogP contribution in [-0.4, -0.2) is 23.4 Å². The summed E-state index contributed by atoms with van der Waals surface area (Å²) in [6.07, 6.45) is 1.60. The molecule has 0 aliphatic carbocycles. The molecule has 0 spiro atoms. The molecule has 0 aliphatic rings. The molecule has 0 bridgehead atoms. The van der Waals surface area contributed by atoms with Crippen molar-refractivity contribution >= 4 is 17.1 Å². The van der Waals surface area contributed by atoms with Crippen LogP contribution < -0.4 is 5.32 Å². The smallest absolute Gasteiger partial charge is 0.193 e. The Morgan fingerprint density at radius 3 is 2.75 bits per heavy atom. The molecular formula is C8H12N2OS. The highest BCUT2D eigenvalue weighted by Crippen LogP contribution is 2.15. The van der Waals surface area contributed by atoms with Crippen LogP contribution in [0.5, 0.6) is 0 Å². The number of nitrogens with zero attached hydrogens (tertiary/aromatic N) is 1. The van der Waals surface area contributed by atoms with Gasteiger partial charge in [0, 0.05) is 6.20 Å². The number of likely N-dealkylation sites (N-methyl/N-ethyl adjacent to an activating group) is 1. The van der Waals surface area contributed by atoms with Crippen LogP contribution in [0.4, 0.5) is 0 Å². The fourth-order valence-electron chi connectivity index (χ4n) is 0.749. The van der Waals surface area contributed by atoms with Gasteiger partial charge in [0.25, 0.3) is 0 Å². The lowest BCUT2D eigenvalue weighted by molar-refractivity contribution is 0.0893. The van der Waals surface area contributed by atoms with Crippen molar-refractivity contribution in [1.82, 2.24) is 10.3 Å². The molecule has 0 saturated carbocycles. The van der Waals surface area contributed by atoms with E-state index in [1.165, 1.54) is 11.3 Å². The van der Waals surface area contributed by atoms with Crippen molar-refractivity contribution < 1.29 is 4.79 Å². The second-order valence-electron chi connectivity index (χ2n) is 3.07. The number of aromatic nitrogens is 1. The fourth-order valence-corrected chi connectivity index (χ4v) is 1.47. The van der Waals surface area contributed by atoms with Crippen molar-refractivity contribution in [3.63, 3.8) is 0 Å². The van der Waals surface area contributed by atoms with Crippen molar-refractivity contribution in [2.24, 2.45) is 0 Å². The Hall–Kier alpha value is -0.740. The molecule has 0 unspecified atom stereocenters. The zero-order valence-electron chi connectivity index (χ0n) is 7.42. The first-order chi connectivity index (χ1) is 5.58. The molecular weight excluding hydrogens is 172 g/mol. The highest BCUT2D eigenvalue weighted by atomic mass is 32.1. The summed E-state index contributed by atoms with van der Waals surface area (Å²) in [5, 5.41) is 2.96. The van der Waals surface area contributed by atoms with E-state index in [-0.39, 0.29) is 5.78 Å². The lowest BCUT2D eigenvalue weighted by Crippen LogP contribution is -2.44. The Kier molecular flexibility index (Phi) is 2.59. The molecule has 0 amide bonds. The van der Waals surface area contributed by atoms with Gasteiger partial charge in [-0.1, -0.05) is 0 Å². The summed E-state index contributed by atoms with van der Waals surface area (Å²) in [5.74, 6) is 0.0903. The molecule has 1 N–H and O–H groups in total. The second-order valence-corrected chi connectivity index (χ2v) is 3.96. The number of carbonyl (C=O) groups excluding carboxylic acids is 1. The zero-order valence-corrected chi connectivity index (χ0v) is 8.23. The van der Waals surface area contributed by atoms with Crippen molar-refractivity contribution in [2.75, 3.05) is 7.05 Å². The van der Waals surface area contributed by atoms with Gasteiger partial charge in [-0.05, 0) is 20.9 Å². The van der Waals surface area contributed by atoms with Gasteiger partial charge in [0.1, 0.15) is 0 Å². The molecule has 0 radical (unpaired) electrons. The predicted molar refractivity (Wildman–Crippen MR) is 49.6 cm³/mol. The standard InChI is InChI=1S/C8H12N2OS/c1-8(2,9-3)7(11)6-4-10-5-12-6/h4-5,9H,1-3H3. The monoisotopic (exact) mass is 184 g/mol. The van der Waals surface area contributed by atoms with Crippen molar-refractivity contribution in [1.29, 1.82) is 0 Å². The summed E-state index contributed by atoms with van der Waals surface area (Å²) in [6.45, 7) is 3.71. The molecule has 1 aromatic rings. The molecule has 12 heavy (non-hydrogen) atoms. The molecule has 3 nitrogen and oxygen atoms in total. The van der Waals surface area contributed by atoms with Gasteiger partial charge in [-0.15, -0.1) is 11.3 Å². The van der Waals surface area contributed by atoms with E-state index in [2.05, 4.69) is 10.3 Å². The summed E-state index contributed by atoms with van der Waals surface area (Å²) in [7, 11) is 1.78. The third-order valence-corrected chi connectivity index (χ3v) is 2.62. The van der Waals surface area contributed by atoms with Crippen LogP contribution >= 0.6 is 11.3 Å². The number of hydrogen-bond acceptors (Lipinski definition) is 4. The third kappa shape index (κ3) is 1.70. The van der Waals surface area contributed by atoms with E-state index in [0.717, 1.165) is 0 Å². The maximum atomic E-state index is 11.7. The van der Waals surface area contributed by atoms with Crippen molar-refractivity contribution in [3.05, 3.63) is 16.6 Å². The highest BCUT2D eigenvalue weighted by Gasteiger charge is 2.27. The van der Waals surface area contributed by atoms with Crippen LogP contribution in [0.3, 0.4) is 0 Å². The molecule has 0 aliphatic heterocycles. The quantitative estimate of drug-likeness (QED) is 0.720. The maximum Gasteiger partial charge on any atom is 0.193 e. The number of carbonyl (C=O) groups is 1. The van der Waals surface area contributed by atoms with Crippen LogP contribution in [-0.2, 0) is 0 Å². The van der Waals surface area contributed by atoms with Gasteiger partial charge >= 0.3 is 0 Å². The highest BCUT2D eigenvalue weighted by molar-refractivity contribution is 7.11. The predicted octanol–water partition coefficient (Wildman–Crippen LogP) is 1.32. The molecule has 0 fully saturated rings. The number of ketones is 1. The van der Waals surface area contributed by atoms with Crippen molar-refractivity contribution in [3.8, 4) is 0 Å². The Balaban J connectivity index is 2.86. The Morgan fingerprint density at radius 1 is 1.67 bits per heavy atom. The number of rotatable bonds is 3. The minimum atomic E-state index is -0.494. The maximum absolute atomic E-state index is 11.7. The van der Waals surface area contributed by atoms with Crippen molar-refractivity contribution in [2.45, 2.75) is 19.4 Å². The zero-order chi connectivity index (χ0) is 9.19. The fraction of sp³-hybridized carbons (Fsp3) is 0.500. The van der Waals surface area contributed by atoms with Crippen LogP contribution in [0.2, 0.25) is 0 Å². The lowest BCUT2D eigenvalue weighted by Gasteiger charge is -2.20. The van der Waals surface area contributed by atoms with Crippen LogP contribution in [0.1, 0.15) is 23.5 Å². The summed E-state index contributed by atoms with van der Waals surface area (Å²) in [6, 6.07) is 0. The summed E-state index contributed by atoms with van der Waals surface area (Å²) in [5.41, 5.74) is 1.17. The van der Waals surface area contributed by atoms with Gasteiger partial charge in [-0.3, -0.25) is 9.78 Å². The van der Waals surface area contributed by atoms with E-state index >= 15 is 0 Å². The average molecular weight is 184 g/mol. The largest absolute Gasteiger partial charge is 0.308 e. The van der Waals surface area contributed by atoms with Gasteiger partial charge < -0.3 is 5.32 Å². The lowest BCUT2D eigenvalue weighted by atomic mass is 9.99. The molecule has 0 saturated heterocycles. The van der Waals surface area contributed by atoms with E-state index in [1.807, 2.05) is 13.8 Å². The molecule has 1 rings (SSSR count). The van der Waals surface area contributed by atoms with Gasteiger partial charge in [0.05, 0.1) is 15.9 Å². The number of hydrogen-bond donors (Lipinski definition) is 1. The first-order valence-corrected chi connectivity index (χ1v) is 4.58. The number of nitrogens with one attached hydrogen (secondary N) is 1. The topological polar surface area (TPSA) is 42.0 Å². The molecule has 0 atom stereocenters. The van der Waals surface area contributed by atoms with Crippen LogP contribution in [0.15, 0.2) is 11.7 Å². The van der Waals surface area contributed by atoms with Gasteiger partial charge in [-0.25, -0.2) is 0 Å². The molecule has 1 aromatic heterocycles. The molecule has 66 valence electrons. The summed E-state index contributed by atoms with van der Waals surface area (Å²) in [4.78, 5) is 16.2. The minimum absolute atomic E-state index is 0.0903. The Bertz CT molecular complexity index is 267. The Morgan fingerprint density at radius 2 is 2.33 bits per heavy atom. The number of Topliss-reactive ketones (excluding diaryl/α,β-unsaturated/α-hetero) is 1. The van der Waals surface area contributed by atoms with Gasteiger partial charge in [0.2, 0.25) is 0 Å². The second kappa shape index (κ2) is 3.33. The normalized spacial score (nSPS) is 11.6. The van der Waals surface area contributed by atoms with Gasteiger partial charge in [-0.2, -0.15) is 0 Å². The SMILES string of the molecule is CNC(C)(C)C(=O)c1cncs1. The van der Waals surface area contributed by atoms with E-state index in [9.17, 15) is 4.79 Å². The molecule has 1 heterocycles. The van der Waals surface area contributed by atoms with E-state index in [1.54, 1.807) is 18.8 Å². The van der Waals surface area contributed by atoms with Gasteiger partial charge in [0.15, 0.2) is 5.78 Å². The van der Waals surface area contributed by atoms with E-state index in [0.29, 0.717) is 4.88 Å². The van der Waals surface area contributed by atoms with E-state index < -0.39 is 5.54 Å². The Labute approximate surface area is 75.8 Å². The van der Waals surface area contributed by atoms with Crippen LogP contribution in [0.25, 0.3) is 0 Å². The van der Waals surface area contributed by atoms with E-state index in [4.69, 9.17) is 0 Å². The number of thiazole rings is 1. The third-order valence-electron chi connectivity index (χ3n) is 1.85. The van der Waals surface area contributed by atoms with Crippen LogP contribution in [0, 0.1) is 0 Å². The first-order valence-electron chi connectivity index (χ1n) is 3.70. The first kappa shape index (κ1) is 9.35. The molecule has 4 heteroatoms. The minimum Gasteiger partial charge on any atom is -0.308 e. The average Bonchev–Trinajstić information content (AvgIpc) is 2.55. The summed E-state index contributed by atoms with van der Waals surface area (Å²) < 4.78 is 0. The summed E-state index contributed by atoms with van der Waals surface area (Å²) >= 11 is 1.37. The molecule has 0 aromatic carbocycles.